The molecule has 0 spiro atoms. The van der Waals surface area contributed by atoms with Gasteiger partial charge in [0.15, 0.2) is 0 Å². The molecule has 2 aromatic rings. The minimum atomic E-state index is -0.345. The lowest BCUT2D eigenvalue weighted by molar-refractivity contribution is 0.0791. The lowest BCUT2D eigenvalue weighted by atomic mass is 10.1. The van der Waals surface area contributed by atoms with Crippen molar-refractivity contribution >= 4 is 35.7 Å². The lowest BCUT2D eigenvalue weighted by Gasteiger charge is -2.17. The summed E-state index contributed by atoms with van der Waals surface area (Å²) in [6.45, 7) is 3.13. The number of nitrogens with two attached hydrogens (primary N) is 1. The molecule has 3 amide bonds. The Hall–Kier alpha value is -2.57. The van der Waals surface area contributed by atoms with Crippen LogP contribution in [0.1, 0.15) is 22.3 Å². The number of likely N-dealkylation sites (tertiary alicyclic amines) is 1. The van der Waals surface area contributed by atoms with Crippen LogP contribution in [0.2, 0.25) is 0 Å². The predicted molar refractivity (Wildman–Crippen MR) is 106 cm³/mol. The van der Waals surface area contributed by atoms with E-state index in [1.54, 1.807) is 17.0 Å². The van der Waals surface area contributed by atoms with Crippen LogP contribution >= 0.6 is 12.4 Å². The van der Waals surface area contributed by atoms with Crippen LogP contribution in [0.3, 0.4) is 0 Å². The van der Waals surface area contributed by atoms with Crippen molar-refractivity contribution in [3.05, 3.63) is 59.7 Å². The van der Waals surface area contributed by atoms with Crippen LogP contribution in [-0.4, -0.2) is 36.0 Å². The molecule has 1 saturated heterocycles. The molecule has 0 saturated carbocycles. The van der Waals surface area contributed by atoms with Gasteiger partial charge in [0.25, 0.3) is 5.91 Å². The zero-order valence-corrected chi connectivity index (χ0v) is 15.4. The number of para-hydroxylation sites is 1. The highest BCUT2D eigenvalue weighted by atomic mass is 35.5. The van der Waals surface area contributed by atoms with Crippen molar-refractivity contribution < 1.29 is 9.59 Å². The van der Waals surface area contributed by atoms with Crippen LogP contribution in [0.5, 0.6) is 0 Å². The molecule has 2 aromatic carbocycles. The number of nitrogens with zero attached hydrogens (tertiary/aromatic N) is 1. The van der Waals surface area contributed by atoms with Gasteiger partial charge in [-0.1, -0.05) is 24.3 Å². The van der Waals surface area contributed by atoms with Crippen molar-refractivity contribution in [3.8, 4) is 0 Å². The van der Waals surface area contributed by atoms with Gasteiger partial charge in [0, 0.05) is 36.1 Å². The van der Waals surface area contributed by atoms with E-state index in [-0.39, 0.29) is 30.4 Å². The van der Waals surface area contributed by atoms with Gasteiger partial charge in [-0.2, -0.15) is 0 Å². The Bertz CT molecular complexity index is 782. The van der Waals surface area contributed by atoms with Crippen molar-refractivity contribution in [3.63, 3.8) is 0 Å². The molecule has 1 aliphatic heterocycles. The summed E-state index contributed by atoms with van der Waals surface area (Å²) in [4.78, 5) is 26.5. The van der Waals surface area contributed by atoms with Gasteiger partial charge in [0.05, 0.1) is 0 Å². The van der Waals surface area contributed by atoms with Crippen LogP contribution < -0.4 is 16.4 Å². The van der Waals surface area contributed by atoms with Crippen LogP contribution in [0, 0.1) is 6.92 Å². The number of amides is 3. The molecule has 0 aliphatic carbocycles. The third-order valence-electron chi connectivity index (χ3n) is 4.28. The number of rotatable bonds is 3. The van der Waals surface area contributed by atoms with Crippen LogP contribution in [0.15, 0.2) is 48.5 Å². The summed E-state index contributed by atoms with van der Waals surface area (Å²) in [5.41, 5.74) is 8.63. The van der Waals surface area contributed by atoms with Crippen molar-refractivity contribution in [2.24, 2.45) is 5.73 Å². The van der Waals surface area contributed by atoms with Crippen molar-refractivity contribution in [2.45, 2.75) is 19.4 Å². The number of anilines is 2. The molecule has 7 heteroatoms. The number of benzene rings is 2. The van der Waals surface area contributed by atoms with Crippen molar-refractivity contribution in [1.82, 2.24) is 4.90 Å². The maximum absolute atomic E-state index is 12.6. The van der Waals surface area contributed by atoms with Gasteiger partial charge in [-0.25, -0.2) is 4.79 Å². The van der Waals surface area contributed by atoms with Gasteiger partial charge >= 0.3 is 6.03 Å². The molecular weight excluding hydrogens is 352 g/mol. The van der Waals surface area contributed by atoms with Crippen molar-refractivity contribution in [2.75, 3.05) is 23.7 Å². The molecule has 1 fully saturated rings. The Kier molecular flexibility index (Phi) is 6.60. The second-order valence-corrected chi connectivity index (χ2v) is 6.27. The maximum Gasteiger partial charge on any atom is 0.323 e. The lowest BCUT2D eigenvalue weighted by Crippen LogP contribution is -2.32. The highest BCUT2D eigenvalue weighted by Crippen LogP contribution is 2.20. The highest BCUT2D eigenvalue weighted by Gasteiger charge is 2.24. The number of urea groups is 1. The van der Waals surface area contributed by atoms with E-state index in [9.17, 15) is 9.59 Å². The molecule has 0 aromatic heterocycles. The maximum atomic E-state index is 12.6. The molecule has 1 aliphatic rings. The van der Waals surface area contributed by atoms with E-state index in [1.165, 1.54) is 0 Å². The fraction of sp³-hybridized carbons (Fsp3) is 0.263. The molecule has 0 unspecified atom stereocenters. The number of nitrogens with one attached hydrogen (secondary N) is 2. The van der Waals surface area contributed by atoms with E-state index in [0.29, 0.717) is 30.0 Å². The van der Waals surface area contributed by atoms with E-state index in [1.807, 2.05) is 43.3 Å². The fourth-order valence-electron chi connectivity index (χ4n) is 2.85. The normalized spacial score (nSPS) is 15.9. The first-order valence-electron chi connectivity index (χ1n) is 8.31. The number of hydrogen-bond donors (Lipinski definition) is 3. The number of aryl methyl sites for hydroxylation is 1. The Balaban J connectivity index is 0.00000243. The number of hydrogen-bond acceptors (Lipinski definition) is 3. The standard InChI is InChI=1S/C19H22N4O2.ClH/c1-13-7-8-14(18(24)23-10-9-15(20)12-23)11-17(13)22-19(25)21-16-5-3-2-4-6-16;/h2-8,11,15H,9-10,12,20H2,1H3,(H2,21,22,25);1H/t15-;/m1./s1. The zero-order valence-electron chi connectivity index (χ0n) is 14.6. The van der Waals surface area contributed by atoms with Gasteiger partial charge < -0.3 is 21.3 Å². The monoisotopic (exact) mass is 374 g/mol. The third kappa shape index (κ3) is 4.74. The molecular formula is C19H23ClN4O2. The smallest absolute Gasteiger partial charge is 0.323 e. The van der Waals surface area contributed by atoms with Crippen LogP contribution in [0.25, 0.3) is 0 Å². The molecule has 1 heterocycles. The van der Waals surface area contributed by atoms with Gasteiger partial charge in [0.1, 0.15) is 0 Å². The molecule has 0 radical (unpaired) electrons. The first-order chi connectivity index (χ1) is 12.0. The number of carbonyl (C=O) groups is 2. The zero-order chi connectivity index (χ0) is 17.8. The minimum absolute atomic E-state index is 0. The Labute approximate surface area is 159 Å². The van der Waals surface area contributed by atoms with E-state index in [2.05, 4.69) is 10.6 Å². The Morgan fingerprint density at radius 2 is 1.85 bits per heavy atom. The van der Waals surface area contributed by atoms with Gasteiger partial charge in [-0.15, -0.1) is 12.4 Å². The average molecular weight is 375 g/mol. The van der Waals surface area contributed by atoms with Gasteiger partial charge in [-0.05, 0) is 43.2 Å². The molecule has 3 rings (SSSR count). The Morgan fingerprint density at radius 1 is 1.12 bits per heavy atom. The molecule has 4 N–H and O–H groups in total. The predicted octanol–water partition coefficient (Wildman–Crippen LogP) is 3.23. The molecule has 6 nitrogen and oxygen atoms in total. The summed E-state index contributed by atoms with van der Waals surface area (Å²) in [6, 6.07) is 14.2. The van der Waals surface area contributed by atoms with E-state index >= 15 is 0 Å². The van der Waals surface area contributed by atoms with Crippen LogP contribution in [-0.2, 0) is 0 Å². The topological polar surface area (TPSA) is 87.5 Å². The SMILES string of the molecule is Cc1ccc(C(=O)N2CC[C@@H](N)C2)cc1NC(=O)Nc1ccccc1.Cl. The van der Waals surface area contributed by atoms with E-state index < -0.39 is 0 Å². The average Bonchev–Trinajstić information content (AvgIpc) is 3.03. The summed E-state index contributed by atoms with van der Waals surface area (Å²) in [7, 11) is 0. The second kappa shape index (κ2) is 8.69. The fourth-order valence-corrected chi connectivity index (χ4v) is 2.85. The Morgan fingerprint density at radius 3 is 2.50 bits per heavy atom. The summed E-state index contributed by atoms with van der Waals surface area (Å²) < 4.78 is 0. The van der Waals surface area contributed by atoms with Gasteiger partial charge in [-0.3, -0.25) is 4.79 Å². The molecule has 0 bridgehead atoms. The quantitative estimate of drug-likeness (QED) is 0.770. The van der Waals surface area contributed by atoms with E-state index in [0.717, 1.165) is 12.0 Å². The van der Waals surface area contributed by atoms with E-state index in [4.69, 9.17) is 5.73 Å². The summed E-state index contributed by atoms with van der Waals surface area (Å²) in [5, 5.41) is 5.57. The first kappa shape index (κ1) is 19.8. The number of halogens is 1. The summed E-state index contributed by atoms with van der Waals surface area (Å²) >= 11 is 0. The summed E-state index contributed by atoms with van der Waals surface area (Å²) in [6.07, 6.45) is 0.822. The highest BCUT2D eigenvalue weighted by molar-refractivity contribution is 6.02. The largest absolute Gasteiger partial charge is 0.337 e. The molecule has 26 heavy (non-hydrogen) atoms. The van der Waals surface area contributed by atoms with Crippen molar-refractivity contribution in [1.29, 1.82) is 0 Å². The second-order valence-electron chi connectivity index (χ2n) is 6.27. The minimum Gasteiger partial charge on any atom is -0.337 e. The molecule has 1 atom stereocenters. The van der Waals surface area contributed by atoms with Crippen LogP contribution in [0.4, 0.5) is 16.2 Å². The number of carbonyl (C=O) groups excluding carboxylic acids is 2. The summed E-state index contributed by atoms with van der Waals surface area (Å²) in [5.74, 6) is -0.0560. The first-order valence-corrected chi connectivity index (χ1v) is 8.31. The third-order valence-corrected chi connectivity index (χ3v) is 4.28. The van der Waals surface area contributed by atoms with Gasteiger partial charge in [0.2, 0.25) is 0 Å². The molecule has 138 valence electrons.